The quantitative estimate of drug-likeness (QED) is 0.326. The fourth-order valence-electron chi connectivity index (χ4n) is 5.15. The molecular weight excluding hydrogens is 551 g/mol. The van der Waals surface area contributed by atoms with Gasteiger partial charge in [0, 0.05) is 54.4 Å². The molecule has 1 saturated heterocycles. The van der Waals surface area contributed by atoms with Gasteiger partial charge in [-0.25, -0.2) is 9.37 Å². The number of nitrogens with zero attached hydrogens (tertiary/aromatic N) is 4. The van der Waals surface area contributed by atoms with Crippen LogP contribution in [0.15, 0.2) is 41.0 Å². The Hall–Kier alpha value is -2.95. The standard InChI is InChI=1S/C28H34BrFN6O2/c1-17-12-22(24(38-5)14-23(17)36-11-10-35(4)28(16-36)8-9-28)33-26-31-15-20(29)25(34-26)32-21-13-18(30)6-7-19(21)27(2,3)37/h6-7,12-15,37H,8-11,16H2,1-5H3,(H2,31,32,33,34). The molecule has 0 unspecified atom stereocenters. The van der Waals surface area contributed by atoms with Gasteiger partial charge in [0.05, 0.1) is 22.9 Å². The lowest BCUT2D eigenvalue weighted by Gasteiger charge is -2.42. The normalized spacial score (nSPS) is 17.0. The Morgan fingerprint density at radius 2 is 1.89 bits per heavy atom. The third kappa shape index (κ3) is 5.30. The molecule has 0 amide bonds. The van der Waals surface area contributed by atoms with Crippen LogP contribution in [0.25, 0.3) is 0 Å². The highest BCUT2D eigenvalue weighted by molar-refractivity contribution is 9.10. The zero-order chi connectivity index (χ0) is 27.2. The van der Waals surface area contributed by atoms with Crippen LogP contribution in [0.1, 0.15) is 37.8 Å². The second-order valence-electron chi connectivity index (χ2n) is 10.8. The number of nitrogens with one attached hydrogen (secondary N) is 2. The number of benzene rings is 2. The molecule has 3 N–H and O–H groups in total. The van der Waals surface area contributed by atoms with E-state index in [1.807, 2.05) is 0 Å². The highest BCUT2D eigenvalue weighted by Gasteiger charge is 2.49. The summed E-state index contributed by atoms with van der Waals surface area (Å²) in [5.74, 6) is 1.05. The first kappa shape index (κ1) is 26.6. The zero-order valence-electron chi connectivity index (χ0n) is 22.4. The number of aliphatic hydroxyl groups is 1. The number of hydrogen-bond acceptors (Lipinski definition) is 8. The van der Waals surface area contributed by atoms with Crippen LogP contribution >= 0.6 is 15.9 Å². The molecule has 2 aliphatic rings. The van der Waals surface area contributed by atoms with Crippen molar-refractivity contribution >= 4 is 44.8 Å². The van der Waals surface area contributed by atoms with Crippen LogP contribution in [0.2, 0.25) is 0 Å². The van der Waals surface area contributed by atoms with E-state index < -0.39 is 11.4 Å². The Bertz CT molecular complexity index is 1360. The van der Waals surface area contributed by atoms with E-state index in [1.165, 1.54) is 30.7 Å². The summed E-state index contributed by atoms with van der Waals surface area (Å²) in [4.78, 5) is 14.0. The Labute approximate surface area is 231 Å². The van der Waals surface area contributed by atoms with Crippen molar-refractivity contribution in [2.24, 2.45) is 0 Å². The number of aryl methyl sites for hydroxylation is 1. The SMILES string of the molecule is COc1cc(N2CCN(C)C3(CC3)C2)c(C)cc1Nc1ncc(Br)c(Nc2cc(F)ccc2C(C)(C)O)n1. The number of piperazine rings is 1. The van der Waals surface area contributed by atoms with E-state index in [0.29, 0.717) is 38.8 Å². The van der Waals surface area contributed by atoms with E-state index in [2.05, 4.69) is 72.4 Å². The molecule has 38 heavy (non-hydrogen) atoms. The number of anilines is 5. The van der Waals surface area contributed by atoms with Crippen molar-refractivity contribution in [3.05, 3.63) is 57.9 Å². The maximum absolute atomic E-state index is 14.1. The van der Waals surface area contributed by atoms with Gasteiger partial charge in [-0.15, -0.1) is 0 Å². The van der Waals surface area contributed by atoms with Crippen LogP contribution in [0, 0.1) is 12.7 Å². The Morgan fingerprint density at radius 1 is 1.13 bits per heavy atom. The molecule has 1 spiro atoms. The van der Waals surface area contributed by atoms with E-state index in [1.54, 1.807) is 33.2 Å². The fourth-order valence-corrected chi connectivity index (χ4v) is 5.44. The van der Waals surface area contributed by atoms with Crippen LogP contribution in [-0.4, -0.2) is 59.3 Å². The van der Waals surface area contributed by atoms with Crippen molar-refractivity contribution in [3.63, 3.8) is 0 Å². The number of ether oxygens (including phenoxy) is 1. The van der Waals surface area contributed by atoms with Crippen molar-refractivity contribution in [3.8, 4) is 5.75 Å². The van der Waals surface area contributed by atoms with Crippen LogP contribution in [0.4, 0.5) is 33.2 Å². The van der Waals surface area contributed by atoms with Crippen LogP contribution in [0.3, 0.4) is 0 Å². The molecule has 202 valence electrons. The summed E-state index contributed by atoms with van der Waals surface area (Å²) in [6, 6.07) is 8.37. The topological polar surface area (TPSA) is 85.8 Å². The van der Waals surface area contributed by atoms with Gasteiger partial charge >= 0.3 is 0 Å². The number of halogens is 2. The Kier molecular flexibility index (Phi) is 7.00. The van der Waals surface area contributed by atoms with Crippen LogP contribution in [-0.2, 0) is 5.60 Å². The second kappa shape index (κ2) is 9.98. The van der Waals surface area contributed by atoms with Crippen molar-refractivity contribution < 1.29 is 14.2 Å². The summed E-state index contributed by atoms with van der Waals surface area (Å²) in [6.07, 6.45) is 4.12. The minimum atomic E-state index is -1.17. The van der Waals surface area contributed by atoms with E-state index in [9.17, 15) is 9.50 Å². The molecular formula is C28H34BrFN6O2. The monoisotopic (exact) mass is 584 g/mol. The molecule has 2 fully saturated rings. The molecule has 5 rings (SSSR count). The lowest BCUT2D eigenvalue weighted by molar-refractivity contribution is 0.0793. The first-order valence-electron chi connectivity index (χ1n) is 12.7. The zero-order valence-corrected chi connectivity index (χ0v) is 24.0. The second-order valence-corrected chi connectivity index (χ2v) is 11.6. The highest BCUT2D eigenvalue weighted by Crippen LogP contribution is 2.45. The third-order valence-electron chi connectivity index (χ3n) is 7.57. The molecule has 0 radical (unpaired) electrons. The average Bonchev–Trinajstić information content (AvgIpc) is 3.63. The predicted molar refractivity (Wildman–Crippen MR) is 152 cm³/mol. The molecule has 2 aromatic carbocycles. The Morgan fingerprint density at radius 3 is 2.58 bits per heavy atom. The summed E-state index contributed by atoms with van der Waals surface area (Å²) >= 11 is 3.47. The largest absolute Gasteiger partial charge is 0.494 e. The minimum absolute atomic E-state index is 0.316. The molecule has 8 nitrogen and oxygen atoms in total. The van der Waals surface area contributed by atoms with Crippen LogP contribution < -0.4 is 20.3 Å². The number of aromatic nitrogens is 2. The van der Waals surface area contributed by atoms with Gasteiger partial charge in [-0.1, -0.05) is 6.07 Å². The van der Waals surface area contributed by atoms with Gasteiger partial charge in [-0.2, -0.15) is 4.98 Å². The van der Waals surface area contributed by atoms with Crippen molar-refractivity contribution in [2.45, 2.75) is 44.8 Å². The van der Waals surface area contributed by atoms with Gasteiger partial charge in [-0.05, 0) is 80.4 Å². The molecule has 1 aromatic heterocycles. The molecule has 0 bridgehead atoms. The van der Waals surface area contributed by atoms with E-state index in [4.69, 9.17) is 4.74 Å². The average molecular weight is 586 g/mol. The summed E-state index contributed by atoms with van der Waals surface area (Å²) < 4.78 is 20.4. The fraction of sp³-hybridized carbons (Fsp3) is 0.429. The van der Waals surface area contributed by atoms with Gasteiger partial charge in [0.15, 0.2) is 0 Å². The van der Waals surface area contributed by atoms with E-state index in [-0.39, 0.29) is 0 Å². The molecule has 1 saturated carbocycles. The number of methoxy groups -OCH3 is 1. The minimum Gasteiger partial charge on any atom is -0.494 e. The Balaban J connectivity index is 1.41. The predicted octanol–water partition coefficient (Wildman–Crippen LogP) is 5.69. The molecule has 10 heteroatoms. The maximum atomic E-state index is 14.1. The highest BCUT2D eigenvalue weighted by atomic mass is 79.9. The van der Waals surface area contributed by atoms with Gasteiger partial charge in [0.1, 0.15) is 17.4 Å². The van der Waals surface area contributed by atoms with E-state index >= 15 is 0 Å². The molecule has 2 heterocycles. The first-order valence-corrected chi connectivity index (χ1v) is 13.5. The first-order chi connectivity index (χ1) is 18.0. The summed E-state index contributed by atoms with van der Waals surface area (Å²) in [5, 5.41) is 17.0. The number of rotatable bonds is 7. The van der Waals surface area contributed by atoms with Crippen molar-refractivity contribution in [1.82, 2.24) is 14.9 Å². The smallest absolute Gasteiger partial charge is 0.229 e. The van der Waals surface area contributed by atoms with Crippen LogP contribution in [0.5, 0.6) is 5.75 Å². The molecule has 3 aromatic rings. The lowest BCUT2D eigenvalue weighted by atomic mass is 9.96. The van der Waals surface area contributed by atoms with Gasteiger partial charge in [-0.3, -0.25) is 4.90 Å². The van der Waals surface area contributed by atoms with Gasteiger partial charge in [0.2, 0.25) is 5.95 Å². The van der Waals surface area contributed by atoms with E-state index in [0.717, 1.165) is 30.9 Å². The number of likely N-dealkylation sites (N-methyl/N-ethyl adjacent to an activating group) is 1. The molecule has 0 atom stereocenters. The maximum Gasteiger partial charge on any atom is 0.229 e. The lowest BCUT2D eigenvalue weighted by Crippen LogP contribution is -2.53. The van der Waals surface area contributed by atoms with Gasteiger partial charge < -0.3 is 25.4 Å². The van der Waals surface area contributed by atoms with Crippen molar-refractivity contribution in [1.29, 1.82) is 0 Å². The summed E-state index contributed by atoms with van der Waals surface area (Å²) in [5.41, 5.74) is 3.17. The third-order valence-corrected chi connectivity index (χ3v) is 8.15. The molecule has 1 aliphatic heterocycles. The molecule has 1 aliphatic carbocycles. The summed E-state index contributed by atoms with van der Waals surface area (Å²) in [6.45, 7) is 8.46. The number of hydrogen-bond donors (Lipinski definition) is 3. The summed E-state index contributed by atoms with van der Waals surface area (Å²) in [7, 11) is 3.88. The van der Waals surface area contributed by atoms with Gasteiger partial charge in [0.25, 0.3) is 0 Å². The van der Waals surface area contributed by atoms with Crippen molar-refractivity contribution in [2.75, 3.05) is 49.3 Å².